The Balaban J connectivity index is 1.67. The second-order valence-corrected chi connectivity index (χ2v) is 5.42. The number of pyridine rings is 1. The zero-order valence-electron chi connectivity index (χ0n) is 11.1. The molecule has 0 fully saturated rings. The SMILES string of the molecule is Cc1ncsc1CNCc1cn[nH]c1-c1cccnc1. The molecule has 0 atom stereocenters. The molecule has 0 amide bonds. The number of nitrogens with zero attached hydrogens (tertiary/aromatic N) is 3. The topological polar surface area (TPSA) is 66.5 Å². The Morgan fingerprint density at radius 2 is 2.25 bits per heavy atom. The van der Waals surface area contributed by atoms with E-state index < -0.39 is 0 Å². The fourth-order valence-corrected chi connectivity index (χ4v) is 2.76. The zero-order valence-corrected chi connectivity index (χ0v) is 11.9. The number of rotatable bonds is 5. The Kier molecular flexibility index (Phi) is 3.85. The molecule has 0 aliphatic heterocycles. The molecule has 0 bridgehead atoms. The first-order chi connectivity index (χ1) is 9.84. The summed E-state index contributed by atoms with van der Waals surface area (Å²) in [5, 5.41) is 10.6. The maximum Gasteiger partial charge on any atom is 0.0798 e. The highest BCUT2D eigenvalue weighted by molar-refractivity contribution is 7.09. The van der Waals surface area contributed by atoms with Gasteiger partial charge in [-0.2, -0.15) is 5.10 Å². The van der Waals surface area contributed by atoms with Gasteiger partial charge in [0.05, 0.1) is 23.1 Å². The standard InChI is InChI=1S/C14H15N5S/c1-10-13(20-9-17-10)8-16-6-12-7-18-19-14(12)11-3-2-4-15-5-11/h2-5,7,9,16H,6,8H2,1H3,(H,18,19). The fraction of sp³-hybridized carbons (Fsp3) is 0.214. The van der Waals surface area contributed by atoms with E-state index in [-0.39, 0.29) is 0 Å². The lowest BCUT2D eigenvalue weighted by Gasteiger charge is -2.05. The number of aromatic nitrogens is 4. The van der Waals surface area contributed by atoms with Crippen molar-refractivity contribution in [2.45, 2.75) is 20.0 Å². The van der Waals surface area contributed by atoms with Gasteiger partial charge in [-0.3, -0.25) is 10.1 Å². The van der Waals surface area contributed by atoms with E-state index >= 15 is 0 Å². The highest BCUT2D eigenvalue weighted by Gasteiger charge is 2.08. The molecule has 2 N–H and O–H groups in total. The molecule has 0 saturated carbocycles. The third-order valence-corrected chi connectivity index (χ3v) is 4.05. The van der Waals surface area contributed by atoms with Crippen molar-refractivity contribution in [3.05, 3.63) is 52.4 Å². The van der Waals surface area contributed by atoms with Crippen LogP contribution in [-0.4, -0.2) is 20.2 Å². The van der Waals surface area contributed by atoms with Crippen LogP contribution in [0.1, 0.15) is 16.1 Å². The summed E-state index contributed by atoms with van der Waals surface area (Å²) in [4.78, 5) is 9.66. The van der Waals surface area contributed by atoms with Crippen LogP contribution in [0.15, 0.2) is 36.2 Å². The van der Waals surface area contributed by atoms with Crippen LogP contribution in [-0.2, 0) is 13.1 Å². The van der Waals surface area contributed by atoms with Gasteiger partial charge in [-0.15, -0.1) is 11.3 Å². The molecule has 0 aliphatic carbocycles. The number of aryl methyl sites for hydroxylation is 1. The number of hydrogen-bond donors (Lipinski definition) is 2. The summed E-state index contributed by atoms with van der Waals surface area (Å²) in [5.41, 5.74) is 6.19. The normalized spacial score (nSPS) is 10.8. The second-order valence-electron chi connectivity index (χ2n) is 4.48. The molecule has 0 aromatic carbocycles. The smallest absolute Gasteiger partial charge is 0.0798 e. The van der Waals surface area contributed by atoms with Crippen LogP contribution >= 0.6 is 11.3 Å². The van der Waals surface area contributed by atoms with Gasteiger partial charge in [0, 0.05) is 41.5 Å². The third kappa shape index (κ3) is 2.76. The van der Waals surface area contributed by atoms with Crippen LogP contribution in [0.25, 0.3) is 11.3 Å². The molecule has 0 radical (unpaired) electrons. The van der Waals surface area contributed by atoms with Crippen molar-refractivity contribution < 1.29 is 0 Å². The van der Waals surface area contributed by atoms with Crippen LogP contribution in [0, 0.1) is 6.92 Å². The van der Waals surface area contributed by atoms with E-state index in [1.807, 2.05) is 37.0 Å². The first-order valence-electron chi connectivity index (χ1n) is 6.37. The summed E-state index contributed by atoms with van der Waals surface area (Å²) in [5.74, 6) is 0. The summed E-state index contributed by atoms with van der Waals surface area (Å²) >= 11 is 1.68. The van der Waals surface area contributed by atoms with Crippen LogP contribution in [0.3, 0.4) is 0 Å². The largest absolute Gasteiger partial charge is 0.308 e. The molecule has 3 aromatic rings. The van der Waals surface area contributed by atoms with Crippen LogP contribution < -0.4 is 5.32 Å². The summed E-state index contributed by atoms with van der Waals surface area (Å²) < 4.78 is 0. The van der Waals surface area contributed by atoms with Crippen molar-refractivity contribution in [2.75, 3.05) is 0 Å². The van der Waals surface area contributed by atoms with E-state index in [1.165, 1.54) is 4.88 Å². The van der Waals surface area contributed by atoms with E-state index in [4.69, 9.17) is 0 Å². The minimum absolute atomic E-state index is 0.762. The van der Waals surface area contributed by atoms with Gasteiger partial charge in [0.2, 0.25) is 0 Å². The molecule has 6 heteroatoms. The third-order valence-electron chi connectivity index (χ3n) is 3.11. The minimum Gasteiger partial charge on any atom is -0.308 e. The van der Waals surface area contributed by atoms with Crippen LogP contribution in [0.4, 0.5) is 0 Å². The van der Waals surface area contributed by atoms with Crippen LogP contribution in [0.5, 0.6) is 0 Å². The summed E-state index contributed by atoms with van der Waals surface area (Å²) in [6, 6.07) is 3.95. The number of thiazole rings is 1. The Bertz CT molecular complexity index is 674. The molecule has 5 nitrogen and oxygen atoms in total. The second kappa shape index (κ2) is 5.94. The average molecular weight is 285 g/mol. The zero-order chi connectivity index (χ0) is 13.8. The van der Waals surface area contributed by atoms with Gasteiger partial charge < -0.3 is 5.32 Å². The number of hydrogen-bond acceptors (Lipinski definition) is 5. The molecule has 3 heterocycles. The van der Waals surface area contributed by atoms with Gasteiger partial charge >= 0.3 is 0 Å². The number of H-pyrrole nitrogens is 1. The monoisotopic (exact) mass is 285 g/mol. The van der Waals surface area contributed by atoms with E-state index in [9.17, 15) is 0 Å². The van der Waals surface area contributed by atoms with Crippen molar-refractivity contribution in [2.24, 2.45) is 0 Å². The van der Waals surface area contributed by atoms with Crippen molar-refractivity contribution in [3.8, 4) is 11.3 Å². The van der Waals surface area contributed by atoms with Crippen molar-refractivity contribution >= 4 is 11.3 Å². The first kappa shape index (κ1) is 13.0. The quantitative estimate of drug-likeness (QED) is 0.756. The maximum atomic E-state index is 4.25. The molecule has 3 aromatic heterocycles. The minimum atomic E-state index is 0.762. The fourth-order valence-electron chi connectivity index (χ4n) is 2.01. The van der Waals surface area contributed by atoms with E-state index in [0.717, 1.165) is 35.6 Å². The molecule has 0 saturated heterocycles. The lowest BCUT2D eigenvalue weighted by atomic mass is 10.1. The van der Waals surface area contributed by atoms with Crippen LogP contribution in [0.2, 0.25) is 0 Å². The molecule has 0 spiro atoms. The van der Waals surface area contributed by atoms with Gasteiger partial charge in [-0.1, -0.05) is 0 Å². The summed E-state index contributed by atoms with van der Waals surface area (Å²) in [7, 11) is 0. The lowest BCUT2D eigenvalue weighted by Crippen LogP contribution is -2.12. The molecule has 102 valence electrons. The van der Waals surface area contributed by atoms with Gasteiger partial charge in [-0.25, -0.2) is 4.98 Å². The average Bonchev–Trinajstić information content (AvgIpc) is 3.10. The molecular formula is C14H15N5S. The van der Waals surface area contributed by atoms with Crippen molar-refractivity contribution in [3.63, 3.8) is 0 Å². The number of nitrogens with one attached hydrogen (secondary N) is 2. The predicted octanol–water partition coefficient (Wildman–Crippen LogP) is 2.53. The summed E-state index contributed by atoms with van der Waals surface area (Å²) in [6.07, 6.45) is 5.46. The highest BCUT2D eigenvalue weighted by atomic mass is 32.1. The Labute approximate surface area is 121 Å². The van der Waals surface area contributed by atoms with Gasteiger partial charge in [-0.05, 0) is 19.1 Å². The lowest BCUT2D eigenvalue weighted by molar-refractivity contribution is 0.698. The molecular weight excluding hydrogens is 270 g/mol. The Morgan fingerprint density at radius 1 is 1.30 bits per heavy atom. The van der Waals surface area contributed by atoms with Crippen molar-refractivity contribution in [1.29, 1.82) is 0 Å². The van der Waals surface area contributed by atoms with Gasteiger partial charge in [0.1, 0.15) is 0 Å². The van der Waals surface area contributed by atoms with E-state index in [1.54, 1.807) is 17.5 Å². The maximum absolute atomic E-state index is 4.25. The first-order valence-corrected chi connectivity index (χ1v) is 7.25. The Morgan fingerprint density at radius 3 is 3.00 bits per heavy atom. The van der Waals surface area contributed by atoms with E-state index in [2.05, 4.69) is 25.5 Å². The molecule has 3 rings (SSSR count). The van der Waals surface area contributed by atoms with Gasteiger partial charge in [0.15, 0.2) is 0 Å². The molecule has 0 unspecified atom stereocenters. The molecule has 0 aliphatic rings. The number of aromatic amines is 1. The summed E-state index contributed by atoms with van der Waals surface area (Å²) in [6.45, 7) is 3.62. The van der Waals surface area contributed by atoms with E-state index in [0.29, 0.717) is 0 Å². The van der Waals surface area contributed by atoms with Gasteiger partial charge in [0.25, 0.3) is 0 Å². The highest BCUT2D eigenvalue weighted by Crippen LogP contribution is 2.20. The van der Waals surface area contributed by atoms with Crippen molar-refractivity contribution in [1.82, 2.24) is 25.5 Å². The Hall–Kier alpha value is -2.05. The predicted molar refractivity (Wildman–Crippen MR) is 79.2 cm³/mol. The molecule has 20 heavy (non-hydrogen) atoms.